The van der Waals surface area contributed by atoms with Gasteiger partial charge >= 0.3 is 0 Å². The molecule has 0 spiro atoms. The third kappa shape index (κ3) is 4.95. The molecule has 1 atom stereocenters. The minimum absolute atomic E-state index is 0.394. The first-order valence-electron chi connectivity index (χ1n) is 3.88. The normalized spacial score (nSPS) is 17.3. The van der Waals surface area contributed by atoms with Crippen LogP contribution in [0.25, 0.3) is 0 Å². The van der Waals surface area contributed by atoms with E-state index >= 15 is 0 Å². The molecule has 0 fully saturated rings. The molecule has 1 N–H and O–H groups in total. The topological polar surface area (TPSA) is 46.2 Å². The maximum atomic E-state index is 10.9. The van der Waals surface area contributed by atoms with E-state index < -0.39 is 15.6 Å². The molecule has 0 radical (unpaired) electrons. The Hall–Kier alpha value is 0.200. The van der Waals surface area contributed by atoms with Gasteiger partial charge < -0.3 is 0 Å². The van der Waals surface area contributed by atoms with Crippen LogP contribution in [0.3, 0.4) is 0 Å². The van der Waals surface area contributed by atoms with Crippen molar-refractivity contribution in [3.05, 3.63) is 0 Å². The first-order valence-corrected chi connectivity index (χ1v) is 6.30. The molecule has 0 saturated heterocycles. The number of sulfonamides is 1. The maximum Gasteiger partial charge on any atom is 0.209 e. The lowest BCUT2D eigenvalue weighted by atomic mass is 9.97. The number of hydrogen-bond donors (Lipinski definition) is 1. The lowest BCUT2D eigenvalue weighted by molar-refractivity contribution is 0.392. The van der Waals surface area contributed by atoms with Gasteiger partial charge in [-0.05, 0) is 19.8 Å². The fourth-order valence-electron chi connectivity index (χ4n) is 0.956. The third-order valence-corrected chi connectivity index (χ3v) is 2.91. The van der Waals surface area contributed by atoms with Crippen LogP contribution in [0.2, 0.25) is 0 Å². The Labute approximate surface area is 79.5 Å². The summed E-state index contributed by atoms with van der Waals surface area (Å²) in [5, 5.41) is 0. The number of rotatable bonds is 5. The third-order valence-electron chi connectivity index (χ3n) is 1.86. The number of nitrogens with one attached hydrogen (secondary N) is 1. The standard InChI is InChI=1S/C7H16ClNO2S/c1-4-7(2,5-6-8)9-12(3,10)11/h9H,4-6H2,1-3H3. The van der Waals surface area contributed by atoms with Crippen molar-refractivity contribution in [1.82, 2.24) is 4.72 Å². The van der Waals surface area contributed by atoms with Crippen molar-refractivity contribution < 1.29 is 8.42 Å². The zero-order valence-corrected chi connectivity index (χ0v) is 9.30. The molecule has 1 unspecified atom stereocenters. The predicted molar refractivity (Wildman–Crippen MR) is 52.0 cm³/mol. The van der Waals surface area contributed by atoms with E-state index in [0.29, 0.717) is 12.3 Å². The molecular formula is C7H16ClNO2S. The Kier molecular flexibility index (Phi) is 4.51. The van der Waals surface area contributed by atoms with Crippen molar-refractivity contribution in [2.24, 2.45) is 0 Å². The van der Waals surface area contributed by atoms with Gasteiger partial charge in [0.1, 0.15) is 0 Å². The van der Waals surface area contributed by atoms with E-state index in [1.54, 1.807) is 0 Å². The summed E-state index contributed by atoms with van der Waals surface area (Å²) in [5.41, 5.74) is -0.394. The van der Waals surface area contributed by atoms with Crippen LogP contribution in [-0.4, -0.2) is 26.1 Å². The molecule has 0 saturated carbocycles. The van der Waals surface area contributed by atoms with Gasteiger partial charge in [0, 0.05) is 11.4 Å². The minimum atomic E-state index is -3.12. The van der Waals surface area contributed by atoms with Gasteiger partial charge in [-0.15, -0.1) is 11.6 Å². The van der Waals surface area contributed by atoms with Gasteiger partial charge in [0.15, 0.2) is 0 Å². The molecule has 0 aromatic rings. The molecule has 5 heteroatoms. The van der Waals surface area contributed by atoms with Crippen molar-refractivity contribution in [2.75, 3.05) is 12.1 Å². The van der Waals surface area contributed by atoms with Crippen LogP contribution in [0.15, 0.2) is 0 Å². The van der Waals surface area contributed by atoms with Crippen LogP contribution in [-0.2, 0) is 10.0 Å². The van der Waals surface area contributed by atoms with Crippen molar-refractivity contribution in [1.29, 1.82) is 0 Å². The lowest BCUT2D eigenvalue weighted by Crippen LogP contribution is -2.45. The second-order valence-electron chi connectivity index (χ2n) is 3.23. The van der Waals surface area contributed by atoms with Gasteiger partial charge in [0.2, 0.25) is 10.0 Å². The van der Waals surface area contributed by atoms with Crippen LogP contribution in [0.5, 0.6) is 0 Å². The van der Waals surface area contributed by atoms with Gasteiger partial charge in [-0.2, -0.15) is 0 Å². The Morgan fingerprint density at radius 3 is 2.25 bits per heavy atom. The van der Waals surface area contributed by atoms with Gasteiger partial charge in [-0.1, -0.05) is 6.92 Å². The summed E-state index contributed by atoms with van der Waals surface area (Å²) in [6.45, 7) is 3.79. The highest BCUT2D eigenvalue weighted by atomic mass is 35.5. The zero-order chi connectivity index (χ0) is 9.83. The van der Waals surface area contributed by atoms with E-state index in [0.717, 1.165) is 12.7 Å². The van der Waals surface area contributed by atoms with Crippen molar-refractivity contribution in [3.63, 3.8) is 0 Å². The van der Waals surface area contributed by atoms with Crippen LogP contribution in [0.4, 0.5) is 0 Å². The summed E-state index contributed by atoms with van der Waals surface area (Å²) >= 11 is 5.56. The average molecular weight is 214 g/mol. The monoisotopic (exact) mass is 213 g/mol. The molecule has 0 bridgehead atoms. The maximum absolute atomic E-state index is 10.9. The molecular weight excluding hydrogens is 198 g/mol. The van der Waals surface area contributed by atoms with Gasteiger partial charge in [-0.25, -0.2) is 13.1 Å². The van der Waals surface area contributed by atoms with E-state index in [2.05, 4.69) is 4.72 Å². The average Bonchev–Trinajstić information content (AvgIpc) is 1.84. The lowest BCUT2D eigenvalue weighted by Gasteiger charge is -2.27. The van der Waals surface area contributed by atoms with Gasteiger partial charge in [0.05, 0.1) is 6.26 Å². The molecule has 0 rings (SSSR count). The van der Waals surface area contributed by atoms with E-state index in [1.165, 1.54) is 0 Å². The highest BCUT2D eigenvalue weighted by molar-refractivity contribution is 7.88. The van der Waals surface area contributed by atoms with Crippen LogP contribution in [0.1, 0.15) is 26.7 Å². The fourth-order valence-corrected chi connectivity index (χ4v) is 2.51. The first-order chi connectivity index (χ1) is 5.33. The molecule has 0 aliphatic rings. The molecule has 0 heterocycles. The Morgan fingerprint density at radius 2 is 2.00 bits per heavy atom. The summed E-state index contributed by atoms with van der Waals surface area (Å²) in [4.78, 5) is 0. The van der Waals surface area contributed by atoms with Crippen LogP contribution < -0.4 is 4.72 Å². The zero-order valence-electron chi connectivity index (χ0n) is 7.72. The number of alkyl halides is 1. The van der Waals surface area contributed by atoms with Gasteiger partial charge in [-0.3, -0.25) is 0 Å². The van der Waals surface area contributed by atoms with Gasteiger partial charge in [0.25, 0.3) is 0 Å². The minimum Gasteiger partial charge on any atom is -0.213 e. The molecule has 0 aliphatic heterocycles. The smallest absolute Gasteiger partial charge is 0.209 e. The number of hydrogen-bond acceptors (Lipinski definition) is 2. The van der Waals surface area contributed by atoms with E-state index in [9.17, 15) is 8.42 Å². The summed E-state index contributed by atoms with van der Waals surface area (Å²) in [5.74, 6) is 0.465. The Balaban J connectivity index is 4.34. The highest BCUT2D eigenvalue weighted by Crippen LogP contribution is 2.15. The first kappa shape index (κ1) is 12.2. The number of halogens is 1. The summed E-state index contributed by atoms with van der Waals surface area (Å²) in [7, 11) is -3.12. The summed E-state index contributed by atoms with van der Waals surface area (Å²) in [6, 6.07) is 0. The molecule has 12 heavy (non-hydrogen) atoms. The second kappa shape index (κ2) is 4.44. The molecule has 0 aromatic carbocycles. The van der Waals surface area contributed by atoms with Crippen molar-refractivity contribution in [2.45, 2.75) is 32.2 Å². The quantitative estimate of drug-likeness (QED) is 0.701. The largest absolute Gasteiger partial charge is 0.213 e. The highest BCUT2D eigenvalue weighted by Gasteiger charge is 2.24. The molecule has 0 aliphatic carbocycles. The van der Waals surface area contributed by atoms with E-state index in [4.69, 9.17) is 11.6 Å². The van der Waals surface area contributed by atoms with E-state index in [-0.39, 0.29) is 0 Å². The Bertz CT molecular complexity index is 228. The van der Waals surface area contributed by atoms with Crippen molar-refractivity contribution >= 4 is 21.6 Å². The molecule has 0 aromatic heterocycles. The molecule has 74 valence electrons. The second-order valence-corrected chi connectivity index (χ2v) is 5.35. The molecule has 3 nitrogen and oxygen atoms in total. The van der Waals surface area contributed by atoms with Crippen LogP contribution >= 0.6 is 11.6 Å². The fraction of sp³-hybridized carbons (Fsp3) is 1.00. The predicted octanol–water partition coefficient (Wildman–Crippen LogP) is 1.33. The summed E-state index contributed by atoms with van der Waals surface area (Å²) in [6.07, 6.45) is 2.56. The van der Waals surface area contributed by atoms with Crippen LogP contribution in [0, 0.1) is 0 Å². The summed E-state index contributed by atoms with van der Waals surface area (Å²) < 4.78 is 24.4. The SMILES string of the molecule is CCC(C)(CCCl)NS(C)(=O)=O. The van der Waals surface area contributed by atoms with E-state index in [1.807, 2.05) is 13.8 Å². The molecule has 0 amide bonds. The van der Waals surface area contributed by atoms with Crippen molar-refractivity contribution in [3.8, 4) is 0 Å². The Morgan fingerprint density at radius 1 is 1.50 bits per heavy atom.